The van der Waals surface area contributed by atoms with E-state index in [2.05, 4.69) is 47.1 Å². The minimum Gasteiger partial charge on any atom is -0.394 e. The highest BCUT2D eigenvalue weighted by Gasteiger charge is 2.26. The highest BCUT2D eigenvalue weighted by molar-refractivity contribution is 5.33. The minimum absolute atomic E-state index is 0.0846. The summed E-state index contributed by atoms with van der Waals surface area (Å²) in [7, 11) is 0. The molecular formula is C17H20N2O. The van der Waals surface area contributed by atoms with Crippen LogP contribution in [0.3, 0.4) is 0 Å². The van der Waals surface area contributed by atoms with E-state index in [0.717, 1.165) is 25.2 Å². The zero-order chi connectivity index (χ0) is 13.9. The van der Waals surface area contributed by atoms with Crippen molar-refractivity contribution in [2.45, 2.75) is 25.9 Å². The highest BCUT2D eigenvalue weighted by Crippen LogP contribution is 2.30. The molecule has 0 saturated carbocycles. The summed E-state index contributed by atoms with van der Waals surface area (Å²) in [6, 6.07) is 12.6. The van der Waals surface area contributed by atoms with Gasteiger partial charge in [0.05, 0.1) is 18.3 Å². The lowest BCUT2D eigenvalue weighted by molar-refractivity contribution is 0.107. The van der Waals surface area contributed by atoms with Crippen LogP contribution in [0.25, 0.3) is 0 Å². The van der Waals surface area contributed by atoms with Gasteiger partial charge in [0.25, 0.3) is 0 Å². The zero-order valence-electron chi connectivity index (χ0n) is 11.8. The first-order chi connectivity index (χ1) is 9.79. The van der Waals surface area contributed by atoms with Crippen molar-refractivity contribution in [3.63, 3.8) is 0 Å². The van der Waals surface area contributed by atoms with Gasteiger partial charge in [-0.2, -0.15) is 0 Å². The number of benzene rings is 1. The molecule has 0 amide bonds. The number of pyridine rings is 1. The summed E-state index contributed by atoms with van der Waals surface area (Å²) in [6.45, 7) is 4.02. The molecule has 1 aromatic heterocycles. The summed E-state index contributed by atoms with van der Waals surface area (Å²) in [4.78, 5) is 6.80. The van der Waals surface area contributed by atoms with Crippen LogP contribution in [0.5, 0.6) is 0 Å². The van der Waals surface area contributed by atoms with Crippen molar-refractivity contribution in [1.82, 2.24) is 9.88 Å². The van der Waals surface area contributed by atoms with Crippen LogP contribution in [0.15, 0.2) is 42.6 Å². The lowest BCUT2D eigenvalue weighted by Gasteiger charge is -2.36. The molecule has 0 aliphatic carbocycles. The Hall–Kier alpha value is -1.71. The van der Waals surface area contributed by atoms with E-state index in [1.807, 2.05) is 12.3 Å². The fourth-order valence-corrected chi connectivity index (χ4v) is 2.98. The van der Waals surface area contributed by atoms with Gasteiger partial charge in [0, 0.05) is 19.3 Å². The van der Waals surface area contributed by atoms with E-state index >= 15 is 0 Å². The Morgan fingerprint density at radius 1 is 1.25 bits per heavy atom. The molecule has 1 atom stereocenters. The number of hydrogen-bond donors (Lipinski definition) is 1. The van der Waals surface area contributed by atoms with Crippen LogP contribution in [0, 0.1) is 6.92 Å². The van der Waals surface area contributed by atoms with Gasteiger partial charge in [-0.15, -0.1) is 0 Å². The van der Waals surface area contributed by atoms with Gasteiger partial charge < -0.3 is 5.11 Å². The van der Waals surface area contributed by atoms with Crippen molar-refractivity contribution >= 4 is 0 Å². The normalized spacial score (nSPS) is 18.8. The minimum atomic E-state index is 0.0846. The molecule has 3 heteroatoms. The fourth-order valence-electron chi connectivity index (χ4n) is 2.98. The van der Waals surface area contributed by atoms with E-state index in [-0.39, 0.29) is 12.6 Å². The van der Waals surface area contributed by atoms with Gasteiger partial charge in [0.15, 0.2) is 0 Å². The number of aliphatic hydroxyl groups excluding tert-OH is 1. The SMILES string of the molecule is Cc1cccnc1CN1CCc2ccccc2C1CO. The highest BCUT2D eigenvalue weighted by atomic mass is 16.3. The lowest BCUT2D eigenvalue weighted by Crippen LogP contribution is -2.37. The van der Waals surface area contributed by atoms with E-state index in [1.165, 1.54) is 16.7 Å². The number of aromatic nitrogens is 1. The van der Waals surface area contributed by atoms with Gasteiger partial charge in [-0.1, -0.05) is 30.3 Å². The Morgan fingerprint density at radius 2 is 2.10 bits per heavy atom. The van der Waals surface area contributed by atoms with E-state index in [9.17, 15) is 5.11 Å². The molecule has 3 rings (SSSR count). The molecule has 20 heavy (non-hydrogen) atoms. The van der Waals surface area contributed by atoms with Gasteiger partial charge in [-0.05, 0) is 36.1 Å². The van der Waals surface area contributed by atoms with Crippen molar-refractivity contribution in [3.8, 4) is 0 Å². The fraction of sp³-hybridized carbons (Fsp3) is 0.353. The first kappa shape index (κ1) is 13.3. The molecule has 3 nitrogen and oxygen atoms in total. The van der Waals surface area contributed by atoms with Crippen LogP contribution >= 0.6 is 0 Å². The Kier molecular flexibility index (Phi) is 3.81. The second kappa shape index (κ2) is 5.73. The first-order valence-corrected chi connectivity index (χ1v) is 7.13. The summed E-state index contributed by atoms with van der Waals surface area (Å²) >= 11 is 0. The molecule has 104 valence electrons. The first-order valence-electron chi connectivity index (χ1n) is 7.13. The maximum absolute atomic E-state index is 9.79. The summed E-state index contributed by atoms with van der Waals surface area (Å²) < 4.78 is 0. The summed E-state index contributed by atoms with van der Waals surface area (Å²) in [5.41, 5.74) is 4.93. The molecule has 1 aliphatic heterocycles. The van der Waals surface area contributed by atoms with Crippen LogP contribution in [-0.2, 0) is 13.0 Å². The zero-order valence-corrected chi connectivity index (χ0v) is 11.8. The summed E-state index contributed by atoms with van der Waals surface area (Å²) in [5, 5.41) is 9.79. The van der Waals surface area contributed by atoms with Crippen LogP contribution in [-0.4, -0.2) is 28.1 Å². The number of aliphatic hydroxyl groups is 1. The molecule has 0 saturated heterocycles. The van der Waals surface area contributed by atoms with Crippen LogP contribution in [0.2, 0.25) is 0 Å². The molecule has 1 N–H and O–H groups in total. The second-order valence-electron chi connectivity index (χ2n) is 5.38. The van der Waals surface area contributed by atoms with E-state index in [4.69, 9.17) is 0 Å². The van der Waals surface area contributed by atoms with Crippen molar-refractivity contribution in [3.05, 3.63) is 65.0 Å². The average molecular weight is 268 g/mol. The lowest BCUT2D eigenvalue weighted by atomic mass is 9.92. The topological polar surface area (TPSA) is 36.4 Å². The van der Waals surface area contributed by atoms with Crippen molar-refractivity contribution in [2.24, 2.45) is 0 Å². The van der Waals surface area contributed by atoms with Crippen LogP contribution in [0.4, 0.5) is 0 Å². The molecule has 2 aromatic rings. The molecular weight excluding hydrogens is 248 g/mol. The number of fused-ring (bicyclic) bond motifs is 1. The Labute approximate surface area is 119 Å². The maximum Gasteiger partial charge on any atom is 0.0628 e. The quantitative estimate of drug-likeness (QED) is 0.929. The number of nitrogens with zero attached hydrogens (tertiary/aromatic N) is 2. The monoisotopic (exact) mass is 268 g/mol. The van der Waals surface area contributed by atoms with E-state index in [0.29, 0.717) is 0 Å². The molecule has 1 aromatic carbocycles. The van der Waals surface area contributed by atoms with Gasteiger partial charge in [-0.25, -0.2) is 0 Å². The van der Waals surface area contributed by atoms with Crippen LogP contribution in [0.1, 0.15) is 28.4 Å². The van der Waals surface area contributed by atoms with Gasteiger partial charge >= 0.3 is 0 Å². The smallest absolute Gasteiger partial charge is 0.0628 e. The van der Waals surface area contributed by atoms with E-state index in [1.54, 1.807) is 0 Å². The number of rotatable bonds is 3. The Bertz CT molecular complexity index is 597. The third-order valence-corrected chi connectivity index (χ3v) is 4.17. The van der Waals surface area contributed by atoms with E-state index < -0.39 is 0 Å². The second-order valence-corrected chi connectivity index (χ2v) is 5.38. The third-order valence-electron chi connectivity index (χ3n) is 4.17. The average Bonchev–Trinajstić information content (AvgIpc) is 2.49. The summed E-state index contributed by atoms with van der Waals surface area (Å²) in [5.74, 6) is 0. The van der Waals surface area contributed by atoms with Crippen molar-refractivity contribution in [1.29, 1.82) is 0 Å². The molecule has 0 spiro atoms. The predicted molar refractivity (Wildman–Crippen MR) is 79.4 cm³/mol. The Morgan fingerprint density at radius 3 is 2.90 bits per heavy atom. The molecule has 1 aliphatic rings. The van der Waals surface area contributed by atoms with Crippen molar-refractivity contribution in [2.75, 3.05) is 13.2 Å². The molecule has 0 bridgehead atoms. The predicted octanol–water partition coefficient (Wildman–Crippen LogP) is 2.48. The Balaban J connectivity index is 1.87. The molecule has 1 unspecified atom stereocenters. The van der Waals surface area contributed by atoms with Crippen molar-refractivity contribution < 1.29 is 5.11 Å². The summed E-state index contributed by atoms with van der Waals surface area (Å²) in [6.07, 6.45) is 2.88. The molecule has 0 fully saturated rings. The number of hydrogen-bond acceptors (Lipinski definition) is 3. The molecule has 0 radical (unpaired) electrons. The standard InChI is InChI=1S/C17H20N2O/c1-13-5-4-9-18-16(13)11-19-10-8-14-6-2-3-7-15(14)17(19)12-20/h2-7,9,17,20H,8,10-12H2,1H3. The maximum atomic E-state index is 9.79. The largest absolute Gasteiger partial charge is 0.394 e. The third kappa shape index (κ3) is 2.47. The molecule has 2 heterocycles. The number of aryl methyl sites for hydroxylation is 1. The van der Waals surface area contributed by atoms with Gasteiger partial charge in [0.2, 0.25) is 0 Å². The van der Waals surface area contributed by atoms with Gasteiger partial charge in [0.1, 0.15) is 0 Å². The van der Waals surface area contributed by atoms with Gasteiger partial charge in [-0.3, -0.25) is 9.88 Å². The van der Waals surface area contributed by atoms with Crippen LogP contribution < -0.4 is 0 Å².